The number of anilines is 2. The maximum Gasteiger partial charge on any atom is 0.410 e. The summed E-state index contributed by atoms with van der Waals surface area (Å²) in [5.41, 5.74) is 5.34. The summed E-state index contributed by atoms with van der Waals surface area (Å²) in [6, 6.07) is 23.0. The number of nitrogens with two attached hydrogens (primary N) is 1. The van der Waals surface area contributed by atoms with Crippen LogP contribution in [0.1, 0.15) is 181 Å². The van der Waals surface area contributed by atoms with Gasteiger partial charge in [0.25, 0.3) is 11.8 Å². The van der Waals surface area contributed by atoms with E-state index in [4.69, 9.17) is 63.7 Å². The number of hydrogen-bond acceptors (Lipinski definition) is 26. The van der Waals surface area contributed by atoms with Crippen molar-refractivity contribution in [3.8, 4) is 52.2 Å². The number of carbonyl (C=O) groups is 7. The van der Waals surface area contributed by atoms with E-state index in [1.807, 2.05) is 62.3 Å². The monoisotopic (exact) mass is 1910 g/mol. The quantitative estimate of drug-likeness (QED) is 0.0161. The summed E-state index contributed by atoms with van der Waals surface area (Å²) >= 11 is 15.1. The highest BCUT2D eigenvalue weighted by Crippen LogP contribution is 2.46. The van der Waals surface area contributed by atoms with Gasteiger partial charge in [0, 0.05) is 111 Å². The number of rotatable bonds is 20. The summed E-state index contributed by atoms with van der Waals surface area (Å²) in [5.74, 6) is -2.02. The zero-order valence-electron chi connectivity index (χ0n) is 73.5. The van der Waals surface area contributed by atoms with Gasteiger partial charge in [-0.15, -0.1) is 12.4 Å². The second kappa shape index (κ2) is 46.9. The van der Waals surface area contributed by atoms with E-state index in [2.05, 4.69) is 106 Å². The smallest absolute Gasteiger partial charge is 0.410 e. The molecule has 3 saturated heterocycles. The molecule has 0 radical (unpaired) electrons. The number of alkyl halides is 5. The van der Waals surface area contributed by atoms with Crippen molar-refractivity contribution < 1.29 is 79.5 Å². The first-order valence-corrected chi connectivity index (χ1v) is 43.1. The number of Topliss-reactive ketones (excluding diaryl/α,β-unsaturated/α-hetero) is 1. The van der Waals surface area contributed by atoms with Crippen LogP contribution < -0.4 is 41.8 Å². The SMILES string of the molecule is CC(C)(C)OC(=O)CBr.CC(C)(C)OC(=O)Cn1cc(NC(=O)c2cnc3cccnn23)c(-c2cc(Cl)ccc2OC(F)F)n1.CC(C)(C)OC(=O)N1CCC(=O)CC1.CC(C)(C)OC(=O)N1CCC(NCC2(C#N)CC2)CC1.Cl.N#CC1(CN)CC1.N#CC1(CNC2CCNCC2)CC1.O=C(Nc1cn[nH]c1-c1cc(Cl)ccc1OC(F)F)c1cnc2cccnn12. The average Bonchev–Trinajstić information content (AvgIpc) is 1.63. The molecule has 4 amide bonds. The number of imidazole rings is 2. The van der Waals surface area contributed by atoms with E-state index in [0.717, 1.165) is 90.6 Å². The molecule has 0 atom stereocenters. The van der Waals surface area contributed by atoms with Crippen LogP contribution in [0, 0.1) is 50.2 Å². The number of halogens is 8. The van der Waals surface area contributed by atoms with Crippen molar-refractivity contribution in [3.63, 3.8) is 0 Å². The fraction of sp³-hybridized carbons (Fsp3) is 0.535. The molecular formula is C86H111BrCl3F4N21O13. The van der Waals surface area contributed by atoms with Crippen LogP contribution in [-0.2, 0) is 39.9 Å². The lowest BCUT2D eigenvalue weighted by Crippen LogP contribution is -2.47. The third kappa shape index (κ3) is 34.0. The number of aromatic nitrogens is 10. The van der Waals surface area contributed by atoms with Gasteiger partial charge >= 0.3 is 37.3 Å². The van der Waals surface area contributed by atoms with E-state index in [-0.39, 0.29) is 132 Å². The average molecular weight is 1910 g/mol. The lowest BCUT2D eigenvalue weighted by molar-refractivity contribution is -0.156. The van der Waals surface area contributed by atoms with Gasteiger partial charge in [-0.3, -0.25) is 33.8 Å². The van der Waals surface area contributed by atoms with Crippen molar-refractivity contribution in [2.24, 2.45) is 22.0 Å². The van der Waals surface area contributed by atoms with Crippen LogP contribution in [0.3, 0.4) is 0 Å². The minimum absolute atomic E-state index is 0. The Morgan fingerprint density at radius 3 is 1.44 bits per heavy atom. The zero-order valence-corrected chi connectivity index (χ0v) is 77.4. The van der Waals surface area contributed by atoms with E-state index in [1.165, 1.54) is 100 Å². The second-order valence-corrected chi connectivity index (χ2v) is 36.2. The van der Waals surface area contributed by atoms with Crippen LogP contribution in [0.4, 0.5) is 38.5 Å². The van der Waals surface area contributed by atoms with Gasteiger partial charge in [-0.25, -0.2) is 28.6 Å². The number of carbonyl (C=O) groups excluding carboxylic acids is 7. The third-order valence-electron chi connectivity index (χ3n) is 19.6. The zero-order chi connectivity index (χ0) is 93.2. The number of ether oxygens (including phenoxy) is 6. The molecule has 3 aliphatic heterocycles. The molecule has 0 bridgehead atoms. The van der Waals surface area contributed by atoms with Crippen molar-refractivity contribution in [1.29, 1.82) is 15.8 Å². The summed E-state index contributed by atoms with van der Waals surface area (Å²) in [6.45, 7) is 22.3. The number of esters is 2. The Morgan fingerprint density at radius 2 is 1.02 bits per heavy atom. The van der Waals surface area contributed by atoms with Crippen molar-refractivity contribution in [3.05, 3.63) is 119 Å². The highest BCUT2D eigenvalue weighted by atomic mass is 79.9. The standard InChI is InChI=1S/C23H21ClF2N6O4.C17H11ClF2N6O2.C15H25N3O2.C10H17N3.C10H17NO3.C6H11BrO2.C5H8N2.ClH/c1-23(2,3)36-19(33)12-31-11-15(29-21(34)16-10-27-18-5-4-8-28-32(16)18)20(30-31)14-9-13(24)6-7-17(14)35-22(25)26;18-9-3-4-13(28-17(19)20)10(6-9)15-11(7-22-25-15)24-16(27)12-8-21-14-2-1-5-23-26(12)14;1-14(2,3)20-13(19)18-8-4-12(5-9-18)17-11-15(10-16)6-7-15;11-7-10(3-4-10)8-13-9-1-5-12-6-2-9;1-10(2,3)14-9(13)11-6-4-8(12)5-7-11;1-6(2,3)9-5(8)4-7;6-3-5(4-7)1-2-5;/h4-11,22H,12H2,1-3H3,(H,29,34);1-8,17H,(H,22,25)(H,24,27);12,17H,4-9,11H2,1-3H3;9,12-13H,1-6,8H2;4-7H2,1-3H3;4H2,1-3H3;1-3,6H2;1H. The number of nitrogens with one attached hydrogen (secondary N) is 6. The van der Waals surface area contributed by atoms with Crippen LogP contribution in [0.5, 0.6) is 11.5 Å². The Balaban J connectivity index is 0.000000217. The van der Waals surface area contributed by atoms with Gasteiger partial charge in [0.1, 0.15) is 57.3 Å². The molecule has 6 aliphatic rings. The van der Waals surface area contributed by atoms with Gasteiger partial charge in [0.15, 0.2) is 22.7 Å². The molecule has 0 spiro atoms. The highest BCUT2D eigenvalue weighted by Gasteiger charge is 2.45. The molecule has 8 aromatic rings. The number of nitrogens with zero attached hydrogens (tertiary/aromatic N) is 14. The summed E-state index contributed by atoms with van der Waals surface area (Å²) < 4.78 is 85.5. The Morgan fingerprint density at radius 1 is 0.594 bits per heavy atom. The first kappa shape index (κ1) is 104. The van der Waals surface area contributed by atoms with Crippen molar-refractivity contribution in [2.75, 3.05) is 74.9 Å². The summed E-state index contributed by atoms with van der Waals surface area (Å²) in [4.78, 5) is 94.7. The predicted molar refractivity (Wildman–Crippen MR) is 475 cm³/mol. The summed E-state index contributed by atoms with van der Waals surface area (Å²) in [7, 11) is 0. The predicted octanol–water partition coefficient (Wildman–Crippen LogP) is 15.0. The van der Waals surface area contributed by atoms with Gasteiger partial charge in [0.05, 0.1) is 70.1 Å². The van der Waals surface area contributed by atoms with E-state index in [0.29, 0.717) is 60.9 Å². The molecule has 14 rings (SSSR count). The fourth-order valence-corrected chi connectivity index (χ4v) is 12.9. The minimum atomic E-state index is -3.11. The summed E-state index contributed by atoms with van der Waals surface area (Å²) in [6.07, 6.45) is 19.4. The maximum absolute atomic E-state index is 13.1. The molecule has 8 N–H and O–H groups in total. The second-order valence-electron chi connectivity index (χ2n) is 34.8. The van der Waals surface area contributed by atoms with E-state index < -0.39 is 47.8 Å². The van der Waals surface area contributed by atoms with E-state index in [1.54, 1.807) is 54.8 Å². The first-order valence-electron chi connectivity index (χ1n) is 41.3. The highest BCUT2D eigenvalue weighted by molar-refractivity contribution is 9.09. The van der Waals surface area contributed by atoms with Gasteiger partial charge in [-0.05, 0) is 221 Å². The van der Waals surface area contributed by atoms with Gasteiger partial charge in [-0.2, -0.15) is 53.7 Å². The number of hydrogen-bond donors (Lipinski definition) is 7. The van der Waals surface area contributed by atoms with E-state index in [9.17, 15) is 51.1 Å². The van der Waals surface area contributed by atoms with Crippen LogP contribution in [0.15, 0.2) is 97.8 Å². The number of H-pyrrole nitrogens is 1. The first-order chi connectivity index (χ1) is 59.9. The fourth-order valence-electron chi connectivity index (χ4n) is 12.4. The Hall–Kier alpha value is -10.8. The molecule has 42 heteroatoms. The van der Waals surface area contributed by atoms with Crippen LogP contribution in [-0.4, -0.2) is 213 Å². The van der Waals surface area contributed by atoms with Gasteiger partial charge < -0.3 is 70.5 Å². The Bertz CT molecular complexity index is 5190. The molecule has 3 saturated carbocycles. The lowest BCUT2D eigenvalue weighted by atomic mass is 10.0. The Labute approximate surface area is 764 Å². The van der Waals surface area contributed by atoms with Crippen molar-refractivity contribution >= 4 is 116 Å². The number of ketones is 1. The normalized spacial score (nSPS) is 15.9. The van der Waals surface area contributed by atoms with Crippen molar-refractivity contribution in [2.45, 2.75) is 214 Å². The number of fused-ring (bicyclic) bond motifs is 2. The molecule has 128 heavy (non-hydrogen) atoms. The van der Waals surface area contributed by atoms with Gasteiger partial charge in [0.2, 0.25) is 0 Å². The molecular weight excluding hydrogens is 1800 g/mol. The number of benzene rings is 2. The van der Waals surface area contributed by atoms with E-state index >= 15 is 0 Å². The molecule has 34 nitrogen and oxygen atoms in total. The number of likely N-dealkylation sites (tertiary alicyclic amines) is 2. The molecule has 9 heterocycles. The Kier molecular flexibility index (Phi) is 38.2. The minimum Gasteiger partial charge on any atom is -0.459 e. The molecule has 2 aromatic carbocycles. The van der Waals surface area contributed by atoms with Crippen LogP contribution in [0.2, 0.25) is 10.0 Å². The van der Waals surface area contributed by atoms with Crippen molar-refractivity contribution in [1.82, 2.24) is 74.9 Å². The number of aromatic amines is 1. The number of amides is 4. The van der Waals surface area contributed by atoms with Crippen LogP contribution >= 0.6 is 51.5 Å². The molecule has 694 valence electrons. The van der Waals surface area contributed by atoms with Crippen LogP contribution in [0.25, 0.3) is 33.8 Å². The topological polar surface area (TPSA) is 446 Å². The maximum atomic E-state index is 13.1. The largest absolute Gasteiger partial charge is 0.459 e. The lowest BCUT2D eigenvalue weighted by Gasteiger charge is -2.34. The third-order valence-corrected chi connectivity index (χ3v) is 20.5. The molecule has 6 aromatic heterocycles. The summed E-state index contributed by atoms with van der Waals surface area (Å²) in [5, 5.41) is 61.8. The van der Waals surface area contributed by atoms with Gasteiger partial charge in [-0.1, -0.05) is 39.1 Å². The molecule has 3 aliphatic carbocycles. The number of piperidine rings is 3. The molecule has 6 fully saturated rings. The molecule has 0 unspecified atom stereocenters. The number of nitriles is 3.